The lowest BCUT2D eigenvalue weighted by Crippen LogP contribution is -1.98. The molecule has 0 spiro atoms. The summed E-state index contributed by atoms with van der Waals surface area (Å²) >= 11 is 0. The highest BCUT2D eigenvalue weighted by atomic mass is 16.6. The van der Waals surface area contributed by atoms with Gasteiger partial charge >= 0.3 is 5.69 Å². The average molecular weight is 304 g/mol. The number of nitrogens with zero attached hydrogens (tertiary/aromatic N) is 3. The minimum atomic E-state index is -0.676. The van der Waals surface area contributed by atoms with Gasteiger partial charge in [-0.05, 0) is 37.8 Å². The third-order valence-electron chi connectivity index (χ3n) is 3.45. The molecule has 22 heavy (non-hydrogen) atoms. The van der Waals surface area contributed by atoms with Crippen LogP contribution in [0.1, 0.15) is 32.1 Å². The Morgan fingerprint density at radius 2 is 1.82 bits per heavy atom. The second-order valence-corrected chi connectivity index (χ2v) is 4.99. The molecule has 8 heteroatoms. The normalized spacial score (nSPS) is 14.8. The predicted molar refractivity (Wildman–Crippen MR) is 83.0 cm³/mol. The van der Waals surface area contributed by atoms with Gasteiger partial charge in [-0.3, -0.25) is 25.7 Å². The zero-order valence-corrected chi connectivity index (χ0v) is 11.9. The van der Waals surface area contributed by atoms with Gasteiger partial charge in [-0.15, -0.1) is 0 Å². The summed E-state index contributed by atoms with van der Waals surface area (Å²) in [5.41, 5.74) is 3.29. The first-order chi connectivity index (χ1) is 10.6. The molecule has 1 aromatic carbocycles. The van der Waals surface area contributed by atoms with Gasteiger partial charge in [0.15, 0.2) is 0 Å². The van der Waals surface area contributed by atoms with Crippen molar-refractivity contribution in [3.05, 3.63) is 50.1 Å². The van der Waals surface area contributed by atoms with E-state index in [0.29, 0.717) is 0 Å². The minimum Gasteiger partial charge on any atom is -0.272 e. The summed E-state index contributed by atoms with van der Waals surface area (Å²) in [5.74, 6) is 0. The number of nitro benzene ring substituents is 2. The molecule has 116 valence electrons. The van der Waals surface area contributed by atoms with Crippen LogP contribution in [0, 0.1) is 20.2 Å². The summed E-state index contributed by atoms with van der Waals surface area (Å²) in [5, 5.41) is 25.5. The molecule has 0 saturated heterocycles. The Balaban J connectivity index is 2.08. The molecule has 0 radical (unpaired) electrons. The lowest BCUT2D eigenvalue weighted by molar-refractivity contribution is -0.393. The van der Waals surface area contributed by atoms with Gasteiger partial charge in [-0.1, -0.05) is 12.0 Å². The van der Waals surface area contributed by atoms with Crippen molar-refractivity contribution in [1.82, 2.24) is 0 Å². The number of hydrazone groups is 1. The Labute approximate surface area is 126 Å². The largest absolute Gasteiger partial charge is 0.301 e. The van der Waals surface area contributed by atoms with Crippen molar-refractivity contribution < 1.29 is 9.85 Å². The SMILES string of the molecule is O=[N+]([O-])c1ccc(NN=CC=C2CCCCC2)c([N+](=O)[O-])c1. The van der Waals surface area contributed by atoms with E-state index in [2.05, 4.69) is 10.5 Å². The van der Waals surface area contributed by atoms with Gasteiger partial charge < -0.3 is 0 Å². The van der Waals surface area contributed by atoms with Crippen LogP contribution in [0.2, 0.25) is 0 Å². The molecule has 0 amide bonds. The van der Waals surface area contributed by atoms with E-state index in [9.17, 15) is 20.2 Å². The number of hydrogen-bond acceptors (Lipinski definition) is 6. The van der Waals surface area contributed by atoms with Crippen LogP contribution in [0.25, 0.3) is 0 Å². The smallest absolute Gasteiger partial charge is 0.272 e. The van der Waals surface area contributed by atoms with Crippen molar-refractivity contribution in [3.63, 3.8) is 0 Å². The van der Waals surface area contributed by atoms with Gasteiger partial charge in [-0.25, -0.2) is 0 Å². The van der Waals surface area contributed by atoms with Crippen LogP contribution in [0.15, 0.2) is 34.9 Å². The maximum absolute atomic E-state index is 11.0. The van der Waals surface area contributed by atoms with Crippen molar-refractivity contribution in [2.45, 2.75) is 32.1 Å². The Bertz CT molecular complexity index is 632. The standard InChI is InChI=1S/C14H16N4O4/c19-17(20)12-6-7-13(14(10-12)18(21)22)16-15-9-8-11-4-2-1-3-5-11/h6-10,16H,1-5H2. The number of hydrogen-bond donors (Lipinski definition) is 1. The second kappa shape index (κ2) is 7.30. The highest BCUT2D eigenvalue weighted by Crippen LogP contribution is 2.28. The first kappa shape index (κ1) is 15.6. The minimum absolute atomic E-state index is 0.119. The third kappa shape index (κ3) is 4.11. The molecule has 1 aliphatic rings. The van der Waals surface area contributed by atoms with E-state index in [1.54, 1.807) is 6.21 Å². The van der Waals surface area contributed by atoms with Crippen LogP contribution in [0.3, 0.4) is 0 Å². The fraction of sp³-hybridized carbons (Fsp3) is 0.357. The van der Waals surface area contributed by atoms with Crippen molar-refractivity contribution in [1.29, 1.82) is 0 Å². The Morgan fingerprint density at radius 1 is 1.09 bits per heavy atom. The molecule has 0 atom stereocenters. The molecule has 8 nitrogen and oxygen atoms in total. The van der Waals surface area contributed by atoms with Crippen LogP contribution >= 0.6 is 0 Å². The van der Waals surface area contributed by atoms with Crippen molar-refractivity contribution >= 4 is 23.3 Å². The molecule has 1 aromatic rings. The van der Waals surface area contributed by atoms with E-state index in [-0.39, 0.29) is 17.1 Å². The predicted octanol–water partition coefficient (Wildman–Crippen LogP) is 3.79. The van der Waals surface area contributed by atoms with Crippen molar-refractivity contribution in [2.24, 2.45) is 5.10 Å². The summed E-state index contributed by atoms with van der Waals surface area (Å²) < 4.78 is 0. The van der Waals surface area contributed by atoms with Gasteiger partial charge in [0, 0.05) is 12.3 Å². The molecule has 0 aromatic heterocycles. The zero-order valence-electron chi connectivity index (χ0n) is 11.9. The molecule has 1 N–H and O–H groups in total. The van der Waals surface area contributed by atoms with Crippen LogP contribution < -0.4 is 5.43 Å². The first-order valence-corrected chi connectivity index (χ1v) is 6.98. The van der Waals surface area contributed by atoms with Crippen LogP contribution in [0.4, 0.5) is 17.1 Å². The highest BCUT2D eigenvalue weighted by molar-refractivity contribution is 5.74. The zero-order chi connectivity index (χ0) is 15.9. The second-order valence-electron chi connectivity index (χ2n) is 4.99. The van der Waals surface area contributed by atoms with Gasteiger partial charge in [0.25, 0.3) is 5.69 Å². The van der Waals surface area contributed by atoms with Crippen molar-refractivity contribution in [2.75, 3.05) is 5.43 Å². The topological polar surface area (TPSA) is 111 Å². The number of rotatable bonds is 5. The molecule has 0 heterocycles. The maximum Gasteiger partial charge on any atom is 0.301 e. The lowest BCUT2D eigenvalue weighted by Gasteiger charge is -2.11. The molecular formula is C14H16N4O4. The molecule has 0 bridgehead atoms. The maximum atomic E-state index is 11.0. The van der Waals surface area contributed by atoms with E-state index in [4.69, 9.17) is 0 Å². The van der Waals surface area contributed by atoms with E-state index in [1.807, 2.05) is 6.08 Å². The number of allylic oxidation sites excluding steroid dienone is 2. The van der Waals surface area contributed by atoms with Gasteiger partial charge in [0.2, 0.25) is 0 Å². The molecule has 1 saturated carbocycles. The monoisotopic (exact) mass is 304 g/mol. The van der Waals surface area contributed by atoms with Gasteiger partial charge in [0.05, 0.1) is 15.9 Å². The molecule has 0 unspecified atom stereocenters. The number of benzene rings is 1. The summed E-state index contributed by atoms with van der Waals surface area (Å²) in [6, 6.07) is 3.39. The number of non-ortho nitro benzene ring substituents is 1. The van der Waals surface area contributed by atoms with E-state index < -0.39 is 9.85 Å². The number of nitro groups is 2. The van der Waals surface area contributed by atoms with E-state index >= 15 is 0 Å². The molecule has 1 fully saturated rings. The van der Waals surface area contributed by atoms with Crippen LogP contribution in [-0.4, -0.2) is 16.1 Å². The fourth-order valence-electron chi connectivity index (χ4n) is 2.30. The molecule has 2 rings (SSSR count). The summed E-state index contributed by atoms with van der Waals surface area (Å²) in [4.78, 5) is 20.3. The average Bonchev–Trinajstić information content (AvgIpc) is 2.52. The Morgan fingerprint density at radius 3 is 2.45 bits per heavy atom. The van der Waals surface area contributed by atoms with Crippen LogP contribution in [0.5, 0.6) is 0 Å². The Kier molecular flexibility index (Phi) is 5.18. The van der Waals surface area contributed by atoms with E-state index in [1.165, 1.54) is 37.0 Å². The first-order valence-electron chi connectivity index (χ1n) is 6.98. The Hall–Kier alpha value is -2.77. The number of nitrogens with one attached hydrogen (secondary N) is 1. The van der Waals surface area contributed by atoms with Gasteiger partial charge in [-0.2, -0.15) is 5.10 Å². The van der Waals surface area contributed by atoms with Gasteiger partial charge in [0.1, 0.15) is 5.69 Å². The molecule has 1 aliphatic carbocycles. The fourth-order valence-corrected chi connectivity index (χ4v) is 2.30. The number of anilines is 1. The summed E-state index contributed by atoms with van der Waals surface area (Å²) in [7, 11) is 0. The van der Waals surface area contributed by atoms with Crippen molar-refractivity contribution in [3.8, 4) is 0 Å². The lowest BCUT2D eigenvalue weighted by atomic mass is 9.95. The summed E-state index contributed by atoms with van der Waals surface area (Å²) in [6.07, 6.45) is 9.20. The molecular weight excluding hydrogens is 288 g/mol. The summed E-state index contributed by atoms with van der Waals surface area (Å²) in [6.45, 7) is 0. The van der Waals surface area contributed by atoms with Crippen LogP contribution in [-0.2, 0) is 0 Å². The molecule has 0 aliphatic heterocycles. The van der Waals surface area contributed by atoms with E-state index in [0.717, 1.165) is 18.9 Å². The highest BCUT2D eigenvalue weighted by Gasteiger charge is 2.18. The quantitative estimate of drug-likeness (QED) is 0.505. The third-order valence-corrected chi connectivity index (χ3v) is 3.45.